The molecule has 28 heavy (non-hydrogen) atoms. The Bertz CT molecular complexity index is 1020. The van der Waals surface area contributed by atoms with Crippen LogP contribution in [0.15, 0.2) is 42.5 Å². The highest BCUT2D eigenvalue weighted by Crippen LogP contribution is 2.37. The van der Waals surface area contributed by atoms with Gasteiger partial charge in [0.1, 0.15) is 5.75 Å². The van der Waals surface area contributed by atoms with Crippen molar-refractivity contribution in [3.63, 3.8) is 0 Å². The van der Waals surface area contributed by atoms with Crippen molar-refractivity contribution in [1.29, 1.82) is 0 Å². The summed E-state index contributed by atoms with van der Waals surface area (Å²) in [5, 5.41) is 1.75. The average molecular weight is 400 g/mol. The van der Waals surface area contributed by atoms with Gasteiger partial charge in [-0.15, -0.1) is 0 Å². The van der Waals surface area contributed by atoms with E-state index in [0.29, 0.717) is 17.4 Å². The summed E-state index contributed by atoms with van der Waals surface area (Å²) in [7, 11) is 2.04. The maximum absolute atomic E-state index is 12.3. The molecule has 3 aromatic rings. The summed E-state index contributed by atoms with van der Waals surface area (Å²) in [5.74, 6) is 0.258. The number of fused-ring (bicyclic) bond motifs is 1. The zero-order valence-corrected chi connectivity index (χ0v) is 17.8. The molecule has 4 nitrogen and oxygen atoms in total. The Morgan fingerprint density at radius 1 is 1.18 bits per heavy atom. The minimum Gasteiger partial charge on any atom is -0.476 e. The molecule has 1 heterocycles. The van der Waals surface area contributed by atoms with Gasteiger partial charge >= 0.3 is 5.97 Å². The zero-order valence-electron chi connectivity index (χ0n) is 17.0. The van der Waals surface area contributed by atoms with Crippen LogP contribution in [-0.4, -0.2) is 22.7 Å². The number of benzene rings is 2. The fourth-order valence-corrected chi connectivity index (χ4v) is 3.52. The van der Waals surface area contributed by atoms with E-state index < -0.39 is 5.60 Å². The number of hydrogen-bond acceptors (Lipinski definition) is 3. The standard InChI is InChI=1S/C23H26ClNO3/c1-6-12-27-22(26)23(3,4)28-18-10-11-20-19(14-18)21(15(2)25(20)5)16-8-7-9-17(24)13-16/h7-11,13-14H,6,12H2,1-5H3. The summed E-state index contributed by atoms with van der Waals surface area (Å²) >= 11 is 6.22. The highest BCUT2D eigenvalue weighted by atomic mass is 35.5. The molecular weight excluding hydrogens is 374 g/mol. The molecule has 148 valence electrons. The Hall–Kier alpha value is -2.46. The van der Waals surface area contributed by atoms with Gasteiger partial charge in [-0.25, -0.2) is 4.79 Å². The quantitative estimate of drug-likeness (QED) is 0.483. The summed E-state index contributed by atoms with van der Waals surface area (Å²) < 4.78 is 13.4. The lowest BCUT2D eigenvalue weighted by molar-refractivity contribution is -0.159. The number of halogens is 1. The van der Waals surface area contributed by atoms with Crippen LogP contribution in [0.3, 0.4) is 0 Å². The lowest BCUT2D eigenvalue weighted by Crippen LogP contribution is -2.39. The van der Waals surface area contributed by atoms with E-state index in [0.717, 1.165) is 34.1 Å². The van der Waals surface area contributed by atoms with Gasteiger partial charge in [-0.05, 0) is 63.1 Å². The van der Waals surface area contributed by atoms with Gasteiger partial charge in [-0.2, -0.15) is 0 Å². The summed E-state index contributed by atoms with van der Waals surface area (Å²) in [4.78, 5) is 12.3. The maximum Gasteiger partial charge on any atom is 0.349 e. The van der Waals surface area contributed by atoms with Crippen LogP contribution in [0, 0.1) is 6.92 Å². The molecular formula is C23H26ClNO3. The van der Waals surface area contributed by atoms with Crippen molar-refractivity contribution < 1.29 is 14.3 Å². The number of aromatic nitrogens is 1. The monoisotopic (exact) mass is 399 g/mol. The predicted octanol–water partition coefficient (Wildman–Crippen LogP) is 5.92. The lowest BCUT2D eigenvalue weighted by atomic mass is 10.0. The number of nitrogens with zero attached hydrogens (tertiary/aromatic N) is 1. The molecule has 0 spiro atoms. The number of hydrogen-bond donors (Lipinski definition) is 0. The highest BCUT2D eigenvalue weighted by Gasteiger charge is 2.32. The van der Waals surface area contributed by atoms with Crippen molar-refractivity contribution in [2.24, 2.45) is 7.05 Å². The van der Waals surface area contributed by atoms with Crippen LogP contribution in [0.25, 0.3) is 22.0 Å². The van der Waals surface area contributed by atoms with Crippen LogP contribution < -0.4 is 4.74 Å². The van der Waals surface area contributed by atoms with E-state index in [2.05, 4.69) is 11.5 Å². The molecule has 5 heteroatoms. The van der Waals surface area contributed by atoms with Crippen LogP contribution in [0.4, 0.5) is 0 Å². The van der Waals surface area contributed by atoms with Crippen molar-refractivity contribution >= 4 is 28.5 Å². The average Bonchev–Trinajstić information content (AvgIpc) is 2.89. The molecule has 0 aliphatic rings. The Morgan fingerprint density at radius 2 is 1.93 bits per heavy atom. The SMILES string of the molecule is CCCOC(=O)C(C)(C)Oc1ccc2c(c1)c(-c1cccc(Cl)c1)c(C)n2C. The second-order valence-corrected chi connectivity index (χ2v) is 7.89. The van der Waals surface area contributed by atoms with Crippen LogP contribution in [0.5, 0.6) is 5.75 Å². The number of esters is 1. The molecule has 1 aromatic heterocycles. The first kappa shape index (κ1) is 20.3. The fourth-order valence-electron chi connectivity index (χ4n) is 3.33. The van der Waals surface area contributed by atoms with E-state index in [1.165, 1.54) is 0 Å². The fraction of sp³-hybridized carbons (Fsp3) is 0.348. The largest absolute Gasteiger partial charge is 0.476 e. The van der Waals surface area contributed by atoms with Crippen LogP contribution >= 0.6 is 11.6 Å². The number of rotatable bonds is 6. The summed E-state index contributed by atoms with van der Waals surface area (Å²) in [5.41, 5.74) is 3.32. The molecule has 0 atom stereocenters. The minimum absolute atomic E-state index is 0.367. The first-order chi connectivity index (χ1) is 13.2. The summed E-state index contributed by atoms with van der Waals surface area (Å²) in [6, 6.07) is 13.7. The third-order valence-corrected chi connectivity index (χ3v) is 5.11. The van der Waals surface area contributed by atoms with Gasteiger partial charge in [0.2, 0.25) is 0 Å². The molecule has 3 rings (SSSR count). The van der Waals surface area contributed by atoms with Crippen molar-refractivity contribution in [1.82, 2.24) is 4.57 Å². The summed E-state index contributed by atoms with van der Waals surface area (Å²) in [6.45, 7) is 7.89. The number of carbonyl (C=O) groups is 1. The highest BCUT2D eigenvalue weighted by molar-refractivity contribution is 6.31. The van der Waals surface area contributed by atoms with Crippen molar-refractivity contribution in [2.75, 3.05) is 6.61 Å². The maximum atomic E-state index is 12.3. The minimum atomic E-state index is -1.07. The van der Waals surface area contributed by atoms with E-state index in [1.807, 2.05) is 56.4 Å². The molecule has 0 unspecified atom stereocenters. The van der Waals surface area contributed by atoms with Crippen molar-refractivity contribution in [2.45, 2.75) is 39.7 Å². The molecule has 0 aliphatic carbocycles. The van der Waals surface area contributed by atoms with Gasteiger partial charge in [0.15, 0.2) is 5.60 Å². The Labute approximate surface area is 171 Å². The van der Waals surface area contributed by atoms with Gasteiger partial charge in [0, 0.05) is 34.2 Å². The van der Waals surface area contributed by atoms with E-state index in [-0.39, 0.29) is 5.97 Å². The third kappa shape index (κ3) is 3.88. The van der Waals surface area contributed by atoms with Crippen LogP contribution in [0.1, 0.15) is 32.9 Å². The van der Waals surface area contributed by atoms with Crippen LogP contribution in [-0.2, 0) is 16.6 Å². The Kier molecular flexibility index (Phi) is 5.71. The lowest BCUT2D eigenvalue weighted by Gasteiger charge is -2.24. The van der Waals surface area contributed by atoms with Crippen molar-refractivity contribution in [3.05, 3.63) is 53.2 Å². The van der Waals surface area contributed by atoms with Gasteiger partial charge in [0.25, 0.3) is 0 Å². The van der Waals surface area contributed by atoms with Gasteiger partial charge in [0.05, 0.1) is 6.61 Å². The first-order valence-electron chi connectivity index (χ1n) is 9.46. The number of aryl methyl sites for hydroxylation is 1. The van der Waals surface area contributed by atoms with Gasteiger partial charge in [-0.1, -0.05) is 30.7 Å². The smallest absolute Gasteiger partial charge is 0.349 e. The molecule has 0 saturated carbocycles. The van der Waals surface area contributed by atoms with Gasteiger partial charge < -0.3 is 14.0 Å². The Morgan fingerprint density at radius 3 is 2.61 bits per heavy atom. The molecule has 0 saturated heterocycles. The number of ether oxygens (including phenoxy) is 2. The summed E-state index contributed by atoms with van der Waals surface area (Å²) in [6.07, 6.45) is 0.778. The van der Waals surface area contributed by atoms with E-state index in [1.54, 1.807) is 13.8 Å². The second kappa shape index (κ2) is 7.88. The molecule has 0 bridgehead atoms. The number of carbonyl (C=O) groups excluding carboxylic acids is 1. The third-order valence-electron chi connectivity index (χ3n) is 4.88. The van der Waals surface area contributed by atoms with E-state index in [9.17, 15) is 4.79 Å². The molecule has 0 aliphatic heterocycles. The zero-order chi connectivity index (χ0) is 20.5. The molecule has 0 radical (unpaired) electrons. The topological polar surface area (TPSA) is 40.5 Å². The van der Waals surface area contributed by atoms with Crippen molar-refractivity contribution in [3.8, 4) is 16.9 Å². The normalized spacial score (nSPS) is 11.6. The van der Waals surface area contributed by atoms with E-state index in [4.69, 9.17) is 21.1 Å². The predicted molar refractivity (Wildman–Crippen MR) is 114 cm³/mol. The van der Waals surface area contributed by atoms with E-state index >= 15 is 0 Å². The van der Waals surface area contributed by atoms with Crippen LogP contribution in [0.2, 0.25) is 5.02 Å². The first-order valence-corrected chi connectivity index (χ1v) is 9.83. The van der Waals surface area contributed by atoms with Gasteiger partial charge in [-0.3, -0.25) is 0 Å². The molecule has 0 fully saturated rings. The molecule has 0 N–H and O–H groups in total. The molecule has 0 amide bonds. The Balaban J connectivity index is 2.03. The molecule has 2 aromatic carbocycles. The second-order valence-electron chi connectivity index (χ2n) is 7.46.